The van der Waals surface area contributed by atoms with Crippen LogP contribution >= 0.6 is 11.5 Å². The highest BCUT2D eigenvalue weighted by Gasteiger charge is 2.35. The second-order valence-electron chi connectivity index (χ2n) is 7.78. The van der Waals surface area contributed by atoms with Gasteiger partial charge in [-0.15, -0.1) is 0 Å². The molecule has 152 valence electrons. The Labute approximate surface area is 174 Å². The van der Waals surface area contributed by atoms with Crippen LogP contribution < -0.4 is 15.5 Å². The van der Waals surface area contributed by atoms with Crippen molar-refractivity contribution in [2.24, 2.45) is 11.7 Å². The van der Waals surface area contributed by atoms with Gasteiger partial charge in [0.05, 0.1) is 12.6 Å². The van der Waals surface area contributed by atoms with Crippen molar-refractivity contribution in [2.75, 3.05) is 49.1 Å². The highest BCUT2D eigenvalue weighted by atomic mass is 32.1. The number of nitrogens with zero attached hydrogens (tertiary/aromatic N) is 6. The number of piperazine rings is 1. The first-order chi connectivity index (χ1) is 14.0. The molecule has 0 bridgehead atoms. The van der Waals surface area contributed by atoms with Crippen LogP contribution in [-0.2, 0) is 4.79 Å². The Morgan fingerprint density at radius 2 is 2.00 bits per heavy atom. The predicted molar refractivity (Wildman–Crippen MR) is 114 cm³/mol. The minimum atomic E-state index is -0.325. The van der Waals surface area contributed by atoms with E-state index in [-0.39, 0.29) is 11.9 Å². The third-order valence-electron chi connectivity index (χ3n) is 5.66. The molecular formula is C20H25N7OS. The summed E-state index contributed by atoms with van der Waals surface area (Å²) in [6.07, 6.45) is 0.750. The average molecular weight is 412 g/mol. The van der Waals surface area contributed by atoms with Gasteiger partial charge < -0.3 is 15.5 Å². The van der Waals surface area contributed by atoms with Crippen molar-refractivity contribution in [2.45, 2.75) is 19.4 Å². The van der Waals surface area contributed by atoms with Gasteiger partial charge in [0.25, 0.3) is 0 Å². The molecule has 2 aliphatic heterocycles. The zero-order valence-electron chi connectivity index (χ0n) is 16.5. The van der Waals surface area contributed by atoms with Gasteiger partial charge in [-0.3, -0.25) is 9.69 Å². The Balaban J connectivity index is 1.44. The highest BCUT2D eigenvalue weighted by molar-refractivity contribution is 7.09. The van der Waals surface area contributed by atoms with Crippen molar-refractivity contribution in [3.05, 3.63) is 24.3 Å². The molecule has 0 unspecified atom stereocenters. The number of primary amides is 1. The predicted octanol–water partition coefficient (Wildman–Crippen LogP) is 1.55. The van der Waals surface area contributed by atoms with Gasteiger partial charge >= 0.3 is 0 Å². The van der Waals surface area contributed by atoms with Crippen molar-refractivity contribution < 1.29 is 4.79 Å². The Bertz CT molecular complexity index is 898. The molecule has 2 saturated heterocycles. The van der Waals surface area contributed by atoms with E-state index in [1.165, 1.54) is 17.2 Å². The smallest absolute Gasteiger partial charge is 0.240 e. The van der Waals surface area contributed by atoms with Crippen molar-refractivity contribution in [3.8, 4) is 16.6 Å². The monoisotopic (exact) mass is 411 g/mol. The molecule has 2 atom stereocenters. The maximum absolute atomic E-state index is 11.8. The summed E-state index contributed by atoms with van der Waals surface area (Å²) in [7, 11) is 0. The number of carbonyl (C=O) groups excluding carboxylic acids is 1. The normalized spacial score (nSPS) is 22.6. The number of hydrogen-bond donors (Lipinski definition) is 1. The van der Waals surface area contributed by atoms with Gasteiger partial charge in [0.1, 0.15) is 11.0 Å². The van der Waals surface area contributed by atoms with Gasteiger partial charge in [0, 0.05) is 44.0 Å². The maximum Gasteiger partial charge on any atom is 0.240 e. The van der Waals surface area contributed by atoms with Crippen LogP contribution in [0.4, 0.5) is 11.6 Å². The van der Waals surface area contributed by atoms with Crippen LogP contribution in [0.25, 0.3) is 10.6 Å². The van der Waals surface area contributed by atoms with E-state index in [9.17, 15) is 4.79 Å². The molecule has 0 radical (unpaired) electrons. The van der Waals surface area contributed by atoms with Crippen molar-refractivity contribution >= 4 is 29.1 Å². The molecule has 1 aromatic carbocycles. The molecule has 0 aliphatic carbocycles. The van der Waals surface area contributed by atoms with Crippen LogP contribution in [0.3, 0.4) is 0 Å². The standard InChI is InChI=1S/C20H25N7OS/c1-14-12-17(18(22)28)27(13-14)20-23-19(29-24-20)15-2-4-16(5-3-15)26-10-8-25(7-6-21)9-11-26/h2-5,14,17H,7-13H2,1H3,(H2,22,28)/t14-,17-/m0/s1. The molecule has 8 nitrogen and oxygen atoms in total. The van der Waals surface area contributed by atoms with Gasteiger partial charge in [-0.2, -0.15) is 14.6 Å². The average Bonchev–Trinajstić information content (AvgIpc) is 3.36. The molecule has 1 aromatic heterocycles. The first-order valence-corrected chi connectivity index (χ1v) is 10.7. The summed E-state index contributed by atoms with van der Waals surface area (Å²) in [6.45, 7) is 7.02. The van der Waals surface area contributed by atoms with Crippen LogP contribution in [0, 0.1) is 17.2 Å². The lowest BCUT2D eigenvalue weighted by atomic mass is 10.1. The van der Waals surface area contributed by atoms with Gasteiger partial charge in [-0.05, 0) is 48.1 Å². The van der Waals surface area contributed by atoms with E-state index >= 15 is 0 Å². The Morgan fingerprint density at radius 3 is 2.66 bits per heavy atom. The molecule has 2 fully saturated rings. The fourth-order valence-electron chi connectivity index (χ4n) is 4.07. The Morgan fingerprint density at radius 1 is 1.28 bits per heavy atom. The molecule has 2 aromatic rings. The molecule has 0 spiro atoms. The van der Waals surface area contributed by atoms with Crippen LogP contribution in [0.15, 0.2) is 24.3 Å². The largest absolute Gasteiger partial charge is 0.369 e. The fourth-order valence-corrected chi connectivity index (χ4v) is 4.74. The number of hydrogen-bond acceptors (Lipinski definition) is 8. The molecule has 29 heavy (non-hydrogen) atoms. The van der Waals surface area contributed by atoms with E-state index in [1.54, 1.807) is 0 Å². The maximum atomic E-state index is 11.8. The van der Waals surface area contributed by atoms with Gasteiger partial charge in [-0.1, -0.05) is 6.92 Å². The molecule has 2 N–H and O–H groups in total. The number of anilines is 2. The van der Waals surface area contributed by atoms with E-state index in [0.29, 0.717) is 18.4 Å². The lowest BCUT2D eigenvalue weighted by molar-refractivity contribution is -0.119. The van der Waals surface area contributed by atoms with Crippen molar-refractivity contribution in [1.82, 2.24) is 14.3 Å². The Hall–Kier alpha value is -2.70. The van der Waals surface area contributed by atoms with Gasteiger partial charge in [0.2, 0.25) is 11.9 Å². The zero-order valence-corrected chi connectivity index (χ0v) is 17.3. The van der Waals surface area contributed by atoms with Crippen molar-refractivity contribution in [1.29, 1.82) is 5.26 Å². The number of benzene rings is 1. The number of nitrogens with two attached hydrogens (primary N) is 1. The summed E-state index contributed by atoms with van der Waals surface area (Å²) in [6, 6.07) is 10.3. The lowest BCUT2D eigenvalue weighted by Crippen LogP contribution is -2.46. The third-order valence-corrected chi connectivity index (χ3v) is 6.41. The van der Waals surface area contributed by atoms with Gasteiger partial charge in [0.15, 0.2) is 0 Å². The van der Waals surface area contributed by atoms with Crippen LogP contribution in [0.2, 0.25) is 0 Å². The summed E-state index contributed by atoms with van der Waals surface area (Å²) in [4.78, 5) is 22.9. The minimum Gasteiger partial charge on any atom is -0.369 e. The zero-order chi connectivity index (χ0) is 20.4. The summed E-state index contributed by atoms with van der Waals surface area (Å²) in [5.74, 6) is 0.674. The van der Waals surface area contributed by atoms with Crippen LogP contribution in [0.1, 0.15) is 13.3 Å². The molecule has 2 aliphatic rings. The van der Waals surface area contributed by atoms with E-state index in [0.717, 1.165) is 49.7 Å². The van der Waals surface area contributed by atoms with E-state index < -0.39 is 0 Å². The SMILES string of the molecule is C[C@H]1C[C@@H](C(N)=O)N(c2nsc(-c3ccc(N4CCN(CC#N)CC4)cc3)n2)C1. The molecule has 4 rings (SSSR count). The van der Waals surface area contributed by atoms with E-state index in [1.807, 2.05) is 4.90 Å². The van der Waals surface area contributed by atoms with E-state index in [4.69, 9.17) is 11.0 Å². The second-order valence-corrected chi connectivity index (χ2v) is 8.53. The second kappa shape index (κ2) is 8.35. The third kappa shape index (κ3) is 4.18. The summed E-state index contributed by atoms with van der Waals surface area (Å²) in [5.41, 5.74) is 7.76. The molecular weight excluding hydrogens is 386 g/mol. The fraction of sp³-hybridized carbons (Fsp3) is 0.500. The Kier molecular flexibility index (Phi) is 5.65. The van der Waals surface area contributed by atoms with Gasteiger partial charge in [-0.25, -0.2) is 0 Å². The lowest BCUT2D eigenvalue weighted by Gasteiger charge is -2.34. The summed E-state index contributed by atoms with van der Waals surface area (Å²) in [5, 5.41) is 9.67. The first kappa shape index (κ1) is 19.6. The minimum absolute atomic E-state index is 0.315. The number of carbonyl (C=O) groups is 1. The number of rotatable bonds is 5. The molecule has 0 saturated carbocycles. The number of aromatic nitrogens is 2. The van der Waals surface area contributed by atoms with Crippen molar-refractivity contribution in [3.63, 3.8) is 0 Å². The molecule has 1 amide bonds. The summed E-state index contributed by atoms with van der Waals surface area (Å²) >= 11 is 1.35. The van der Waals surface area contributed by atoms with Crippen LogP contribution in [0.5, 0.6) is 0 Å². The van der Waals surface area contributed by atoms with E-state index in [2.05, 4.69) is 56.4 Å². The highest BCUT2D eigenvalue weighted by Crippen LogP contribution is 2.31. The first-order valence-electron chi connectivity index (χ1n) is 9.89. The summed E-state index contributed by atoms with van der Waals surface area (Å²) < 4.78 is 4.49. The van der Waals surface area contributed by atoms with Crippen LogP contribution in [-0.4, -0.2) is 65.5 Å². The molecule has 3 heterocycles. The topological polar surface area (TPSA) is 102 Å². The quantitative estimate of drug-likeness (QED) is 0.745. The number of amides is 1. The molecule has 9 heteroatoms. The number of nitriles is 1.